The van der Waals surface area contributed by atoms with Crippen LogP contribution in [0.15, 0.2) is 36.5 Å². The average molecular weight is 287 g/mol. The van der Waals surface area contributed by atoms with E-state index in [2.05, 4.69) is 10.3 Å². The molecule has 0 aliphatic rings. The molecular formula is C15H17N3O3. The molecule has 0 bridgehead atoms. The average Bonchev–Trinajstić information content (AvgIpc) is 2.49. The molecule has 1 heterocycles. The number of carbonyl (C=O) groups excluding carboxylic acids is 1. The number of hydrogen-bond donors (Lipinski definition) is 2. The van der Waals surface area contributed by atoms with Gasteiger partial charge in [0.15, 0.2) is 0 Å². The fourth-order valence-electron chi connectivity index (χ4n) is 1.82. The number of nitrogens with one attached hydrogen (secondary N) is 1. The van der Waals surface area contributed by atoms with Gasteiger partial charge in [0, 0.05) is 0 Å². The van der Waals surface area contributed by atoms with Crippen molar-refractivity contribution in [2.45, 2.75) is 6.92 Å². The predicted molar refractivity (Wildman–Crippen MR) is 80.9 cm³/mol. The zero-order valence-electron chi connectivity index (χ0n) is 11.9. The van der Waals surface area contributed by atoms with Crippen LogP contribution in [0.3, 0.4) is 0 Å². The molecule has 0 amide bonds. The summed E-state index contributed by atoms with van der Waals surface area (Å²) in [5, 5.41) is 3.07. The van der Waals surface area contributed by atoms with Gasteiger partial charge in [-0.1, -0.05) is 12.1 Å². The molecular weight excluding hydrogens is 270 g/mol. The summed E-state index contributed by atoms with van der Waals surface area (Å²) in [5.74, 6) is 0.535. The van der Waals surface area contributed by atoms with Crippen LogP contribution in [0.5, 0.6) is 5.75 Å². The number of esters is 1. The number of methoxy groups -OCH3 is 1. The van der Waals surface area contributed by atoms with Crippen LogP contribution in [-0.2, 0) is 4.74 Å². The number of pyridine rings is 1. The molecule has 2 rings (SSSR count). The Morgan fingerprint density at radius 3 is 2.86 bits per heavy atom. The summed E-state index contributed by atoms with van der Waals surface area (Å²) in [6.45, 7) is 2.02. The summed E-state index contributed by atoms with van der Waals surface area (Å²) in [6.07, 6.45) is 1.47. The molecule has 6 heteroatoms. The maximum absolute atomic E-state index is 12.0. The summed E-state index contributed by atoms with van der Waals surface area (Å²) in [5.41, 5.74) is 7.06. The number of carbonyl (C=O) groups is 1. The number of benzene rings is 1. The molecule has 1 aromatic heterocycles. The van der Waals surface area contributed by atoms with Crippen molar-refractivity contribution in [3.8, 4) is 5.75 Å². The van der Waals surface area contributed by atoms with Crippen molar-refractivity contribution < 1.29 is 14.3 Å². The fourth-order valence-corrected chi connectivity index (χ4v) is 1.82. The SMILES string of the molecule is CCOC(=O)c1cc(N)cnc1Nc1ccccc1OC. The summed E-state index contributed by atoms with van der Waals surface area (Å²) in [7, 11) is 1.57. The first-order valence-corrected chi connectivity index (χ1v) is 6.48. The summed E-state index contributed by atoms with van der Waals surface area (Å²) < 4.78 is 10.3. The molecule has 0 unspecified atom stereocenters. The van der Waals surface area contributed by atoms with Gasteiger partial charge in [0.2, 0.25) is 0 Å². The number of anilines is 3. The molecule has 0 spiro atoms. The third kappa shape index (κ3) is 3.42. The third-order valence-corrected chi connectivity index (χ3v) is 2.76. The quantitative estimate of drug-likeness (QED) is 0.822. The van der Waals surface area contributed by atoms with Gasteiger partial charge in [-0.15, -0.1) is 0 Å². The first-order chi connectivity index (χ1) is 10.2. The van der Waals surface area contributed by atoms with E-state index in [4.69, 9.17) is 15.2 Å². The molecule has 0 aliphatic heterocycles. The number of aromatic nitrogens is 1. The summed E-state index contributed by atoms with van der Waals surface area (Å²) >= 11 is 0. The van der Waals surface area contributed by atoms with Gasteiger partial charge >= 0.3 is 5.97 Å². The smallest absolute Gasteiger partial charge is 0.341 e. The standard InChI is InChI=1S/C15H17N3O3/c1-3-21-15(19)11-8-10(16)9-17-14(11)18-12-6-4-5-7-13(12)20-2/h4-9H,3,16H2,1-2H3,(H,17,18). The van der Waals surface area contributed by atoms with Gasteiger partial charge in [-0.2, -0.15) is 0 Å². The van der Waals surface area contributed by atoms with E-state index in [1.165, 1.54) is 12.3 Å². The monoisotopic (exact) mass is 287 g/mol. The Balaban J connectivity index is 2.37. The van der Waals surface area contributed by atoms with Crippen molar-refractivity contribution >= 4 is 23.2 Å². The second-order valence-corrected chi connectivity index (χ2v) is 4.21. The lowest BCUT2D eigenvalue weighted by molar-refractivity contribution is 0.0527. The van der Waals surface area contributed by atoms with Gasteiger partial charge < -0.3 is 20.5 Å². The lowest BCUT2D eigenvalue weighted by Gasteiger charge is -2.13. The van der Waals surface area contributed by atoms with Crippen LogP contribution in [0.25, 0.3) is 0 Å². The molecule has 1 aromatic carbocycles. The normalized spacial score (nSPS) is 10.0. The van der Waals surface area contributed by atoms with Crippen molar-refractivity contribution in [3.63, 3.8) is 0 Å². The number of nitrogens with two attached hydrogens (primary N) is 1. The second-order valence-electron chi connectivity index (χ2n) is 4.21. The van der Waals surface area contributed by atoms with Gasteiger partial charge in [0.05, 0.1) is 31.3 Å². The highest BCUT2D eigenvalue weighted by Gasteiger charge is 2.15. The number of nitrogens with zero attached hydrogens (tertiary/aromatic N) is 1. The highest BCUT2D eigenvalue weighted by molar-refractivity contribution is 5.96. The van der Waals surface area contributed by atoms with Crippen molar-refractivity contribution in [1.82, 2.24) is 4.98 Å². The zero-order valence-corrected chi connectivity index (χ0v) is 11.9. The molecule has 0 radical (unpaired) electrons. The molecule has 0 atom stereocenters. The molecule has 0 fully saturated rings. The Hall–Kier alpha value is -2.76. The first-order valence-electron chi connectivity index (χ1n) is 6.48. The van der Waals surface area contributed by atoms with Crippen molar-refractivity contribution in [2.24, 2.45) is 0 Å². The molecule has 6 nitrogen and oxygen atoms in total. The van der Waals surface area contributed by atoms with Crippen LogP contribution in [0, 0.1) is 0 Å². The zero-order chi connectivity index (χ0) is 15.2. The van der Waals surface area contributed by atoms with Crippen molar-refractivity contribution in [1.29, 1.82) is 0 Å². The first kappa shape index (κ1) is 14.6. The second kappa shape index (κ2) is 6.60. The van der Waals surface area contributed by atoms with Crippen molar-refractivity contribution in [2.75, 3.05) is 24.8 Å². The molecule has 21 heavy (non-hydrogen) atoms. The minimum Gasteiger partial charge on any atom is -0.495 e. The van der Waals surface area contributed by atoms with E-state index in [1.54, 1.807) is 14.0 Å². The van der Waals surface area contributed by atoms with Gasteiger partial charge in [0.25, 0.3) is 0 Å². The van der Waals surface area contributed by atoms with E-state index in [1.807, 2.05) is 24.3 Å². The van der Waals surface area contributed by atoms with Crippen LogP contribution in [0.4, 0.5) is 17.2 Å². The molecule has 2 aromatic rings. The van der Waals surface area contributed by atoms with E-state index in [-0.39, 0.29) is 12.2 Å². The van der Waals surface area contributed by atoms with Gasteiger partial charge in [0.1, 0.15) is 17.1 Å². The number of rotatable bonds is 5. The van der Waals surface area contributed by atoms with Crippen LogP contribution in [-0.4, -0.2) is 24.7 Å². The minimum absolute atomic E-state index is 0.279. The number of hydrogen-bond acceptors (Lipinski definition) is 6. The summed E-state index contributed by atoms with van der Waals surface area (Å²) in [6, 6.07) is 8.87. The number of ether oxygens (including phenoxy) is 2. The van der Waals surface area contributed by atoms with Crippen LogP contribution >= 0.6 is 0 Å². The Kier molecular flexibility index (Phi) is 4.61. The van der Waals surface area contributed by atoms with Crippen LogP contribution in [0.1, 0.15) is 17.3 Å². The number of nitrogen functional groups attached to an aromatic ring is 1. The predicted octanol–water partition coefficient (Wildman–Crippen LogP) is 2.59. The molecule has 3 N–H and O–H groups in total. The number of para-hydroxylation sites is 2. The van der Waals surface area contributed by atoms with Crippen molar-refractivity contribution in [3.05, 3.63) is 42.1 Å². The Morgan fingerprint density at radius 1 is 1.38 bits per heavy atom. The lowest BCUT2D eigenvalue weighted by atomic mass is 10.2. The van der Waals surface area contributed by atoms with Gasteiger partial charge in [-0.3, -0.25) is 0 Å². The maximum Gasteiger partial charge on any atom is 0.341 e. The van der Waals surface area contributed by atoms with E-state index in [0.717, 1.165) is 0 Å². The fraction of sp³-hybridized carbons (Fsp3) is 0.200. The lowest BCUT2D eigenvalue weighted by Crippen LogP contribution is -2.10. The van der Waals surface area contributed by atoms with E-state index < -0.39 is 5.97 Å². The third-order valence-electron chi connectivity index (χ3n) is 2.76. The van der Waals surface area contributed by atoms with E-state index >= 15 is 0 Å². The molecule has 110 valence electrons. The van der Waals surface area contributed by atoms with Crippen LogP contribution < -0.4 is 15.8 Å². The molecule has 0 saturated carbocycles. The molecule has 0 saturated heterocycles. The highest BCUT2D eigenvalue weighted by atomic mass is 16.5. The minimum atomic E-state index is -0.477. The Morgan fingerprint density at radius 2 is 2.14 bits per heavy atom. The maximum atomic E-state index is 12.0. The van der Waals surface area contributed by atoms with Crippen LogP contribution in [0.2, 0.25) is 0 Å². The largest absolute Gasteiger partial charge is 0.495 e. The Bertz CT molecular complexity index is 644. The summed E-state index contributed by atoms with van der Waals surface area (Å²) in [4.78, 5) is 16.1. The van der Waals surface area contributed by atoms with Gasteiger partial charge in [-0.25, -0.2) is 9.78 Å². The topological polar surface area (TPSA) is 86.5 Å². The van der Waals surface area contributed by atoms with E-state index in [0.29, 0.717) is 22.9 Å². The van der Waals surface area contributed by atoms with E-state index in [9.17, 15) is 4.79 Å². The molecule has 0 aliphatic carbocycles. The highest BCUT2D eigenvalue weighted by Crippen LogP contribution is 2.28. The Labute approximate surface area is 122 Å². The van der Waals surface area contributed by atoms with Gasteiger partial charge in [-0.05, 0) is 25.1 Å².